The minimum atomic E-state index is -1.69. The first kappa shape index (κ1) is 19.2. The van der Waals surface area contributed by atoms with Crippen LogP contribution in [0, 0.1) is 0 Å². The SMILES string of the molecule is CC(=Cc1ccc(O)c(O)c1)C(=O)O[C@@H]1O[C@H](CO)[C@@H](O)[C@H](O)[C@H]1O. The monoisotopic (exact) mass is 356 g/mol. The van der Waals surface area contributed by atoms with Crippen LogP contribution in [0.15, 0.2) is 23.8 Å². The molecule has 2 rings (SSSR count). The van der Waals surface area contributed by atoms with Crippen LogP contribution in [0.3, 0.4) is 0 Å². The second-order valence-electron chi connectivity index (χ2n) is 5.68. The molecule has 138 valence electrons. The number of aliphatic hydroxyl groups excluding tert-OH is 4. The Balaban J connectivity index is 2.09. The van der Waals surface area contributed by atoms with Gasteiger partial charge in [-0.05, 0) is 30.7 Å². The van der Waals surface area contributed by atoms with Gasteiger partial charge in [-0.25, -0.2) is 4.79 Å². The summed E-state index contributed by atoms with van der Waals surface area (Å²) in [6.07, 6.45) is -6.28. The van der Waals surface area contributed by atoms with Crippen molar-refractivity contribution in [3.05, 3.63) is 29.3 Å². The van der Waals surface area contributed by atoms with Crippen molar-refractivity contribution < 1.29 is 44.9 Å². The van der Waals surface area contributed by atoms with Crippen molar-refractivity contribution in [3.8, 4) is 11.5 Å². The zero-order chi connectivity index (χ0) is 18.7. The molecule has 0 radical (unpaired) electrons. The number of carbonyl (C=O) groups excluding carboxylic acids is 1. The van der Waals surface area contributed by atoms with Gasteiger partial charge in [0.25, 0.3) is 0 Å². The lowest BCUT2D eigenvalue weighted by molar-refractivity contribution is -0.291. The van der Waals surface area contributed by atoms with Gasteiger partial charge in [0.05, 0.1) is 6.61 Å². The normalized spacial score (nSPS) is 30.1. The lowest BCUT2D eigenvalue weighted by atomic mass is 9.99. The number of esters is 1. The number of hydrogen-bond acceptors (Lipinski definition) is 9. The minimum Gasteiger partial charge on any atom is -0.504 e. The highest BCUT2D eigenvalue weighted by atomic mass is 16.7. The number of hydrogen-bond donors (Lipinski definition) is 6. The predicted molar refractivity (Wildman–Crippen MR) is 83.3 cm³/mol. The molecule has 1 saturated heterocycles. The van der Waals surface area contributed by atoms with E-state index in [0.717, 1.165) is 0 Å². The zero-order valence-electron chi connectivity index (χ0n) is 13.3. The van der Waals surface area contributed by atoms with Crippen LogP contribution in [-0.4, -0.2) is 73.9 Å². The Hall–Kier alpha value is -2.17. The number of phenolic OH excluding ortho intramolecular Hbond substituents is 2. The van der Waals surface area contributed by atoms with Gasteiger partial charge in [0.15, 0.2) is 11.5 Å². The van der Waals surface area contributed by atoms with Crippen LogP contribution in [0.2, 0.25) is 0 Å². The van der Waals surface area contributed by atoms with Crippen LogP contribution in [0.4, 0.5) is 0 Å². The molecule has 1 fully saturated rings. The van der Waals surface area contributed by atoms with Crippen molar-refractivity contribution in [2.45, 2.75) is 37.6 Å². The third kappa shape index (κ3) is 4.27. The number of benzene rings is 1. The summed E-state index contributed by atoms with van der Waals surface area (Å²) in [5.74, 6) is -1.54. The van der Waals surface area contributed by atoms with E-state index in [9.17, 15) is 30.3 Å². The molecular weight excluding hydrogens is 336 g/mol. The molecule has 0 spiro atoms. The van der Waals surface area contributed by atoms with E-state index in [4.69, 9.17) is 14.6 Å². The summed E-state index contributed by atoms with van der Waals surface area (Å²) in [4.78, 5) is 12.1. The molecule has 9 heteroatoms. The van der Waals surface area contributed by atoms with Gasteiger partial charge in [-0.2, -0.15) is 0 Å². The van der Waals surface area contributed by atoms with E-state index < -0.39 is 43.3 Å². The number of aliphatic hydroxyl groups is 4. The Labute approximate surface area is 143 Å². The van der Waals surface area contributed by atoms with Crippen LogP contribution in [-0.2, 0) is 14.3 Å². The Kier molecular flexibility index (Phi) is 5.98. The average molecular weight is 356 g/mol. The molecule has 1 heterocycles. The first-order chi connectivity index (χ1) is 11.7. The Morgan fingerprint density at radius 2 is 1.84 bits per heavy atom. The molecule has 1 aromatic carbocycles. The molecule has 0 aliphatic carbocycles. The highest BCUT2D eigenvalue weighted by molar-refractivity contribution is 5.93. The standard InChI is InChI=1S/C16H20O9/c1-7(4-8-2-3-9(18)10(19)5-8)15(23)25-16-14(22)13(21)12(20)11(6-17)24-16/h2-5,11-14,16-22H,6H2,1H3/t11-,12-,13+,14-,16+/m1/s1. The number of phenols is 2. The lowest BCUT2D eigenvalue weighted by Crippen LogP contribution is -2.59. The molecular formula is C16H20O9. The molecule has 0 aromatic heterocycles. The van der Waals surface area contributed by atoms with Crippen molar-refractivity contribution in [2.75, 3.05) is 6.61 Å². The Morgan fingerprint density at radius 3 is 2.44 bits per heavy atom. The fraction of sp³-hybridized carbons (Fsp3) is 0.438. The second kappa shape index (κ2) is 7.81. The number of ether oxygens (including phenoxy) is 2. The molecule has 6 N–H and O–H groups in total. The maximum atomic E-state index is 12.1. The molecule has 5 atom stereocenters. The summed E-state index contributed by atoms with van der Waals surface area (Å²) in [5.41, 5.74) is 0.501. The highest BCUT2D eigenvalue weighted by Crippen LogP contribution is 2.26. The third-order valence-electron chi connectivity index (χ3n) is 3.78. The van der Waals surface area contributed by atoms with Gasteiger partial charge in [-0.3, -0.25) is 0 Å². The third-order valence-corrected chi connectivity index (χ3v) is 3.78. The van der Waals surface area contributed by atoms with Crippen LogP contribution in [0.1, 0.15) is 12.5 Å². The van der Waals surface area contributed by atoms with Crippen molar-refractivity contribution in [1.82, 2.24) is 0 Å². The molecule has 9 nitrogen and oxygen atoms in total. The smallest absolute Gasteiger partial charge is 0.336 e. The van der Waals surface area contributed by atoms with E-state index in [1.165, 1.54) is 31.2 Å². The second-order valence-corrected chi connectivity index (χ2v) is 5.68. The van der Waals surface area contributed by atoms with Gasteiger partial charge in [-0.15, -0.1) is 0 Å². The van der Waals surface area contributed by atoms with Crippen molar-refractivity contribution in [3.63, 3.8) is 0 Å². The summed E-state index contributed by atoms with van der Waals surface area (Å²) >= 11 is 0. The summed E-state index contributed by atoms with van der Waals surface area (Å²) in [7, 11) is 0. The summed E-state index contributed by atoms with van der Waals surface area (Å²) in [6, 6.07) is 3.94. The van der Waals surface area contributed by atoms with Gasteiger partial charge < -0.3 is 40.1 Å². The fourth-order valence-corrected chi connectivity index (χ4v) is 2.30. The predicted octanol–water partition coefficient (Wildman–Crippen LogP) is -1.16. The highest BCUT2D eigenvalue weighted by Gasteiger charge is 2.45. The van der Waals surface area contributed by atoms with Crippen LogP contribution in [0.5, 0.6) is 11.5 Å². The van der Waals surface area contributed by atoms with E-state index >= 15 is 0 Å². The summed E-state index contributed by atoms with van der Waals surface area (Å²) in [6.45, 7) is 0.775. The largest absolute Gasteiger partial charge is 0.504 e. The van der Waals surface area contributed by atoms with Crippen LogP contribution in [0.25, 0.3) is 6.08 Å². The molecule has 1 aromatic rings. The lowest BCUT2D eigenvalue weighted by Gasteiger charge is -2.39. The number of carbonyl (C=O) groups is 1. The van der Waals surface area contributed by atoms with E-state index in [0.29, 0.717) is 5.56 Å². The van der Waals surface area contributed by atoms with E-state index in [-0.39, 0.29) is 17.1 Å². The van der Waals surface area contributed by atoms with E-state index in [1.54, 1.807) is 0 Å². The number of rotatable bonds is 4. The van der Waals surface area contributed by atoms with Crippen molar-refractivity contribution >= 4 is 12.0 Å². The quantitative estimate of drug-likeness (QED) is 0.222. The van der Waals surface area contributed by atoms with E-state index in [2.05, 4.69) is 0 Å². The van der Waals surface area contributed by atoms with Crippen LogP contribution >= 0.6 is 0 Å². The molecule has 25 heavy (non-hydrogen) atoms. The molecule has 1 aliphatic heterocycles. The molecule has 0 amide bonds. The first-order valence-electron chi connectivity index (χ1n) is 7.46. The number of aromatic hydroxyl groups is 2. The van der Waals surface area contributed by atoms with Crippen molar-refractivity contribution in [2.24, 2.45) is 0 Å². The van der Waals surface area contributed by atoms with E-state index in [1.807, 2.05) is 0 Å². The van der Waals surface area contributed by atoms with Gasteiger partial charge in [0.1, 0.15) is 24.4 Å². The first-order valence-corrected chi connectivity index (χ1v) is 7.46. The van der Waals surface area contributed by atoms with Crippen LogP contribution < -0.4 is 0 Å². The average Bonchev–Trinajstić information content (AvgIpc) is 2.58. The topological polar surface area (TPSA) is 157 Å². The Bertz CT molecular complexity index is 655. The molecule has 0 unspecified atom stereocenters. The molecule has 0 saturated carbocycles. The maximum absolute atomic E-state index is 12.1. The summed E-state index contributed by atoms with van der Waals surface area (Å²) < 4.78 is 10.1. The van der Waals surface area contributed by atoms with Gasteiger partial charge in [0.2, 0.25) is 6.29 Å². The maximum Gasteiger partial charge on any atom is 0.336 e. The summed E-state index contributed by atoms with van der Waals surface area (Å²) in [5, 5.41) is 57.0. The zero-order valence-corrected chi connectivity index (χ0v) is 13.3. The van der Waals surface area contributed by atoms with Gasteiger partial charge >= 0.3 is 5.97 Å². The minimum absolute atomic E-state index is 0.0852. The molecule has 1 aliphatic rings. The van der Waals surface area contributed by atoms with Gasteiger partial charge in [-0.1, -0.05) is 6.07 Å². The Morgan fingerprint density at radius 1 is 1.16 bits per heavy atom. The van der Waals surface area contributed by atoms with Gasteiger partial charge in [0, 0.05) is 5.57 Å². The van der Waals surface area contributed by atoms with Crippen molar-refractivity contribution in [1.29, 1.82) is 0 Å². The fourth-order valence-electron chi connectivity index (χ4n) is 2.30. The molecule has 0 bridgehead atoms.